The molecule has 0 spiro atoms. The lowest BCUT2D eigenvalue weighted by Gasteiger charge is -2.32. The number of urea groups is 1. The predicted molar refractivity (Wildman–Crippen MR) is 70.9 cm³/mol. The van der Waals surface area contributed by atoms with Crippen LogP contribution in [0, 0.1) is 5.41 Å². The summed E-state index contributed by atoms with van der Waals surface area (Å²) in [6.45, 7) is 7.33. The number of nitrogens with two attached hydrogens (primary N) is 1. The minimum absolute atomic E-state index is 0.00371. The lowest BCUT2D eigenvalue weighted by molar-refractivity contribution is 0.146. The maximum absolute atomic E-state index is 12.3. The third kappa shape index (κ3) is 4.54. The molecule has 1 saturated heterocycles. The Hall–Kier alpha value is -0.770. The molecule has 1 aliphatic rings. The zero-order valence-electron chi connectivity index (χ0n) is 11.5. The van der Waals surface area contributed by atoms with Crippen LogP contribution in [0.15, 0.2) is 0 Å². The fourth-order valence-corrected chi connectivity index (χ4v) is 2.28. The number of rotatable bonds is 3. The molecule has 0 unspecified atom stereocenters. The average molecular weight is 241 g/mol. The maximum Gasteiger partial charge on any atom is 0.319 e. The minimum Gasteiger partial charge on any atom is -0.330 e. The molecule has 0 bridgehead atoms. The van der Waals surface area contributed by atoms with E-state index in [-0.39, 0.29) is 11.4 Å². The van der Waals surface area contributed by atoms with Crippen LogP contribution < -0.4 is 5.73 Å². The number of hydrogen-bond acceptors (Lipinski definition) is 2. The van der Waals surface area contributed by atoms with E-state index in [2.05, 4.69) is 13.8 Å². The monoisotopic (exact) mass is 241 g/mol. The van der Waals surface area contributed by atoms with Gasteiger partial charge in [-0.25, -0.2) is 4.79 Å². The van der Waals surface area contributed by atoms with Gasteiger partial charge in [-0.3, -0.25) is 0 Å². The summed E-state index contributed by atoms with van der Waals surface area (Å²) in [6.07, 6.45) is 4.78. The van der Waals surface area contributed by atoms with Gasteiger partial charge in [-0.1, -0.05) is 26.7 Å². The highest BCUT2D eigenvalue weighted by atomic mass is 16.2. The summed E-state index contributed by atoms with van der Waals surface area (Å²) < 4.78 is 0. The van der Waals surface area contributed by atoms with Crippen LogP contribution in [0.3, 0.4) is 0 Å². The Balaban J connectivity index is 2.50. The first kappa shape index (κ1) is 14.3. The Bertz CT molecular complexity index is 245. The van der Waals surface area contributed by atoms with Crippen molar-refractivity contribution in [1.82, 2.24) is 9.80 Å². The summed E-state index contributed by atoms with van der Waals surface area (Å²) in [4.78, 5) is 16.1. The zero-order valence-corrected chi connectivity index (χ0v) is 11.5. The molecule has 100 valence electrons. The maximum atomic E-state index is 12.3. The first-order valence-corrected chi connectivity index (χ1v) is 6.66. The van der Waals surface area contributed by atoms with Crippen molar-refractivity contribution in [2.45, 2.75) is 39.5 Å². The number of likely N-dealkylation sites (tertiary alicyclic amines) is 1. The lowest BCUT2D eigenvalue weighted by Crippen LogP contribution is -2.46. The van der Waals surface area contributed by atoms with Gasteiger partial charge < -0.3 is 15.5 Å². The number of nitrogens with zero attached hydrogens (tertiary/aromatic N) is 2. The summed E-state index contributed by atoms with van der Waals surface area (Å²) in [7, 11) is 1.88. The van der Waals surface area contributed by atoms with Gasteiger partial charge in [-0.2, -0.15) is 0 Å². The van der Waals surface area contributed by atoms with E-state index in [0.29, 0.717) is 6.54 Å². The minimum atomic E-state index is -0.00371. The van der Waals surface area contributed by atoms with E-state index in [0.717, 1.165) is 32.5 Å². The Morgan fingerprint density at radius 2 is 1.76 bits per heavy atom. The number of carbonyl (C=O) groups is 1. The Kier molecular flexibility index (Phi) is 5.25. The third-order valence-electron chi connectivity index (χ3n) is 3.42. The van der Waals surface area contributed by atoms with E-state index in [1.54, 1.807) is 0 Å². The molecule has 0 aliphatic carbocycles. The van der Waals surface area contributed by atoms with Crippen LogP contribution in [0.25, 0.3) is 0 Å². The molecule has 0 atom stereocenters. The van der Waals surface area contributed by atoms with Crippen LogP contribution in [0.5, 0.6) is 0 Å². The molecule has 4 heteroatoms. The molecule has 2 N–H and O–H groups in total. The molecule has 0 aromatic carbocycles. The normalized spacial score (nSPS) is 17.8. The molecule has 2 amide bonds. The van der Waals surface area contributed by atoms with Gasteiger partial charge in [0.2, 0.25) is 0 Å². The molecule has 0 saturated carbocycles. The molecule has 4 nitrogen and oxygen atoms in total. The van der Waals surface area contributed by atoms with E-state index < -0.39 is 0 Å². The van der Waals surface area contributed by atoms with Crippen LogP contribution >= 0.6 is 0 Å². The molecular formula is C13H27N3O. The van der Waals surface area contributed by atoms with Gasteiger partial charge in [0.15, 0.2) is 0 Å². The van der Waals surface area contributed by atoms with Crippen molar-refractivity contribution in [3.8, 4) is 0 Å². The van der Waals surface area contributed by atoms with Gasteiger partial charge >= 0.3 is 6.03 Å². The van der Waals surface area contributed by atoms with Crippen molar-refractivity contribution in [1.29, 1.82) is 0 Å². The highest BCUT2D eigenvalue weighted by Crippen LogP contribution is 2.16. The zero-order chi connectivity index (χ0) is 12.9. The topological polar surface area (TPSA) is 49.6 Å². The second-order valence-electron chi connectivity index (χ2n) is 5.91. The Morgan fingerprint density at radius 3 is 2.24 bits per heavy atom. The van der Waals surface area contributed by atoms with Gasteiger partial charge in [0.25, 0.3) is 0 Å². The molecular weight excluding hydrogens is 214 g/mol. The summed E-state index contributed by atoms with van der Waals surface area (Å²) >= 11 is 0. The summed E-state index contributed by atoms with van der Waals surface area (Å²) in [5.74, 6) is 0. The van der Waals surface area contributed by atoms with E-state index >= 15 is 0 Å². The van der Waals surface area contributed by atoms with Crippen molar-refractivity contribution in [3.05, 3.63) is 0 Å². The highest BCUT2D eigenvalue weighted by Gasteiger charge is 2.24. The standard InChI is InChI=1S/C13H27N3O/c1-13(2,10-14)11-15(3)12(17)16-8-6-4-5-7-9-16/h4-11,14H2,1-3H3. The number of carbonyl (C=O) groups excluding carboxylic acids is 1. The molecule has 1 rings (SSSR count). The van der Waals surface area contributed by atoms with Gasteiger partial charge in [0.05, 0.1) is 0 Å². The summed E-state index contributed by atoms with van der Waals surface area (Å²) in [6, 6.07) is 0.161. The number of hydrogen-bond donors (Lipinski definition) is 1. The van der Waals surface area contributed by atoms with E-state index in [4.69, 9.17) is 5.73 Å². The molecule has 1 aliphatic heterocycles. The SMILES string of the molecule is CN(CC(C)(C)CN)C(=O)N1CCCCCC1. The second-order valence-corrected chi connectivity index (χ2v) is 5.91. The van der Waals surface area contributed by atoms with Gasteiger partial charge in [-0.05, 0) is 24.8 Å². The van der Waals surface area contributed by atoms with Crippen LogP contribution in [0.2, 0.25) is 0 Å². The molecule has 0 aromatic heterocycles. The Morgan fingerprint density at radius 1 is 1.24 bits per heavy atom. The third-order valence-corrected chi connectivity index (χ3v) is 3.42. The van der Waals surface area contributed by atoms with Crippen LogP contribution in [0.1, 0.15) is 39.5 Å². The molecule has 17 heavy (non-hydrogen) atoms. The highest BCUT2D eigenvalue weighted by molar-refractivity contribution is 5.74. The predicted octanol–water partition coefficient (Wildman–Crippen LogP) is 1.90. The number of amides is 2. The molecule has 0 aromatic rings. The fourth-order valence-electron chi connectivity index (χ4n) is 2.28. The fraction of sp³-hybridized carbons (Fsp3) is 0.923. The van der Waals surface area contributed by atoms with Crippen LogP contribution in [0.4, 0.5) is 4.79 Å². The summed E-state index contributed by atoms with van der Waals surface area (Å²) in [5, 5.41) is 0. The first-order chi connectivity index (χ1) is 7.96. The quantitative estimate of drug-likeness (QED) is 0.820. The van der Waals surface area contributed by atoms with Gasteiger partial charge in [0.1, 0.15) is 0 Å². The van der Waals surface area contributed by atoms with E-state index in [1.807, 2.05) is 16.8 Å². The van der Waals surface area contributed by atoms with Crippen molar-refractivity contribution in [2.75, 3.05) is 33.2 Å². The van der Waals surface area contributed by atoms with E-state index in [9.17, 15) is 4.79 Å². The first-order valence-electron chi connectivity index (χ1n) is 6.66. The van der Waals surface area contributed by atoms with Gasteiger partial charge in [0, 0.05) is 26.7 Å². The van der Waals surface area contributed by atoms with Crippen molar-refractivity contribution in [3.63, 3.8) is 0 Å². The lowest BCUT2D eigenvalue weighted by atomic mass is 9.93. The second kappa shape index (κ2) is 6.24. The molecule has 1 heterocycles. The van der Waals surface area contributed by atoms with Crippen molar-refractivity contribution in [2.24, 2.45) is 11.1 Å². The summed E-state index contributed by atoms with van der Waals surface area (Å²) in [5.41, 5.74) is 5.70. The van der Waals surface area contributed by atoms with Crippen molar-refractivity contribution < 1.29 is 4.79 Å². The molecule has 0 radical (unpaired) electrons. The Labute approximate surface area is 105 Å². The van der Waals surface area contributed by atoms with Crippen LogP contribution in [-0.2, 0) is 0 Å². The molecule has 1 fully saturated rings. The van der Waals surface area contributed by atoms with Crippen LogP contribution in [-0.4, -0.2) is 49.1 Å². The van der Waals surface area contributed by atoms with E-state index in [1.165, 1.54) is 12.8 Å². The van der Waals surface area contributed by atoms with Gasteiger partial charge in [-0.15, -0.1) is 0 Å². The van der Waals surface area contributed by atoms with Crippen molar-refractivity contribution >= 4 is 6.03 Å². The largest absolute Gasteiger partial charge is 0.330 e. The smallest absolute Gasteiger partial charge is 0.319 e. The average Bonchev–Trinajstić information content (AvgIpc) is 2.56.